The van der Waals surface area contributed by atoms with Crippen LogP contribution in [0.1, 0.15) is 16.7 Å². The number of hydrazone groups is 1. The highest BCUT2D eigenvalue weighted by Crippen LogP contribution is 2.39. The molecule has 25 heavy (non-hydrogen) atoms. The number of hydrogen-bond donors (Lipinski definition) is 1. The number of rotatable bonds is 2. The predicted octanol–water partition coefficient (Wildman–Crippen LogP) is 2.56. The van der Waals surface area contributed by atoms with E-state index in [0.29, 0.717) is 5.71 Å². The highest BCUT2D eigenvalue weighted by molar-refractivity contribution is 6.54. The van der Waals surface area contributed by atoms with Gasteiger partial charge in [-0.3, -0.25) is 4.79 Å². The molecule has 0 aromatic heterocycles. The molecule has 0 saturated heterocycles. The summed E-state index contributed by atoms with van der Waals surface area (Å²) in [7, 11) is 5.79. The van der Waals surface area contributed by atoms with Crippen LogP contribution >= 0.6 is 0 Å². The second-order valence-corrected chi connectivity index (χ2v) is 6.91. The van der Waals surface area contributed by atoms with Crippen molar-refractivity contribution < 1.29 is 4.79 Å². The molecule has 2 aromatic rings. The van der Waals surface area contributed by atoms with E-state index >= 15 is 0 Å². The third-order valence-corrected chi connectivity index (χ3v) is 4.81. The first-order valence-corrected chi connectivity index (χ1v) is 8.55. The largest absolute Gasteiger partial charge is 0.320 e. The molecule has 5 heteroatoms. The van der Waals surface area contributed by atoms with Gasteiger partial charge in [0.05, 0.1) is 5.69 Å². The number of likely N-dealkylation sites (N-methyl/N-ethyl adjacent to an activating group) is 1. The van der Waals surface area contributed by atoms with Gasteiger partial charge in [0.15, 0.2) is 5.71 Å². The van der Waals surface area contributed by atoms with E-state index < -0.39 is 0 Å². The summed E-state index contributed by atoms with van der Waals surface area (Å²) in [5.41, 5.74) is 7.31. The molecule has 0 unspecified atom stereocenters. The topological polar surface area (TPSA) is 47.9 Å². The fraction of sp³-hybridized carbons (Fsp3) is 0.300. The molecule has 0 bridgehead atoms. The number of anilines is 1. The molecular formula is C20H22N4O. The lowest BCUT2D eigenvalue weighted by Crippen LogP contribution is -2.27. The van der Waals surface area contributed by atoms with Gasteiger partial charge in [-0.2, -0.15) is 5.10 Å². The molecule has 1 N–H and O–H groups in total. The normalized spacial score (nSPS) is 18.0. The number of hydrogen-bond acceptors (Lipinski definition) is 4. The van der Waals surface area contributed by atoms with Gasteiger partial charge in [-0.05, 0) is 41.8 Å². The maximum atomic E-state index is 12.5. The third kappa shape index (κ3) is 2.70. The zero-order valence-electron chi connectivity index (χ0n) is 14.8. The minimum absolute atomic E-state index is 0.121. The van der Waals surface area contributed by atoms with Crippen molar-refractivity contribution >= 4 is 17.3 Å². The van der Waals surface area contributed by atoms with Gasteiger partial charge >= 0.3 is 0 Å². The van der Waals surface area contributed by atoms with Gasteiger partial charge in [-0.25, -0.2) is 0 Å². The SMILES string of the molecule is CN1CCc2c(-c3ccccc3)cc3c(c2C1)NC(=O)/C3=N/N(C)C. The zero-order valence-corrected chi connectivity index (χ0v) is 14.8. The summed E-state index contributed by atoms with van der Waals surface area (Å²) in [5.74, 6) is -0.121. The van der Waals surface area contributed by atoms with Crippen molar-refractivity contribution in [2.75, 3.05) is 33.0 Å². The van der Waals surface area contributed by atoms with Crippen LogP contribution in [0.2, 0.25) is 0 Å². The summed E-state index contributed by atoms with van der Waals surface area (Å²) >= 11 is 0. The average molecular weight is 334 g/mol. The molecule has 128 valence electrons. The molecule has 0 fully saturated rings. The molecule has 0 saturated carbocycles. The highest BCUT2D eigenvalue weighted by atomic mass is 16.2. The minimum atomic E-state index is -0.121. The third-order valence-electron chi connectivity index (χ3n) is 4.81. The summed E-state index contributed by atoms with van der Waals surface area (Å²) in [4.78, 5) is 14.8. The monoisotopic (exact) mass is 334 g/mol. The van der Waals surface area contributed by atoms with Crippen molar-refractivity contribution in [2.24, 2.45) is 5.10 Å². The zero-order chi connectivity index (χ0) is 17.6. The maximum absolute atomic E-state index is 12.5. The number of fused-ring (bicyclic) bond motifs is 3. The summed E-state index contributed by atoms with van der Waals surface area (Å²) in [6.07, 6.45) is 0.985. The van der Waals surface area contributed by atoms with E-state index in [-0.39, 0.29) is 5.91 Å². The van der Waals surface area contributed by atoms with E-state index in [1.165, 1.54) is 22.3 Å². The van der Waals surface area contributed by atoms with Gasteiger partial charge in [0.1, 0.15) is 0 Å². The Kier molecular flexibility index (Phi) is 3.81. The van der Waals surface area contributed by atoms with Crippen molar-refractivity contribution in [3.63, 3.8) is 0 Å². The van der Waals surface area contributed by atoms with Crippen LogP contribution in [0.15, 0.2) is 41.5 Å². The van der Waals surface area contributed by atoms with Crippen molar-refractivity contribution in [1.82, 2.24) is 9.91 Å². The molecule has 1 amide bonds. The van der Waals surface area contributed by atoms with Crippen molar-refractivity contribution in [3.8, 4) is 11.1 Å². The van der Waals surface area contributed by atoms with Gasteiger partial charge < -0.3 is 15.2 Å². The van der Waals surface area contributed by atoms with Crippen molar-refractivity contribution in [1.29, 1.82) is 0 Å². The number of benzene rings is 2. The van der Waals surface area contributed by atoms with E-state index in [0.717, 1.165) is 30.8 Å². The van der Waals surface area contributed by atoms with E-state index in [4.69, 9.17) is 0 Å². The standard InChI is InChI=1S/C20H22N4O/c1-23(2)22-19-16-11-15(13-7-5-4-6-8-13)14-9-10-24(3)12-17(14)18(16)21-20(19)25/h4-8,11H,9-10,12H2,1-3H3,(H,21,22,25). The lowest BCUT2D eigenvalue weighted by molar-refractivity contribution is -0.110. The van der Waals surface area contributed by atoms with Gasteiger partial charge in [0.25, 0.3) is 5.91 Å². The molecule has 0 radical (unpaired) electrons. The Morgan fingerprint density at radius 3 is 2.60 bits per heavy atom. The molecule has 2 aliphatic heterocycles. The first-order valence-electron chi connectivity index (χ1n) is 8.55. The number of nitrogens with zero attached hydrogens (tertiary/aromatic N) is 3. The van der Waals surface area contributed by atoms with Gasteiger partial charge in [-0.1, -0.05) is 30.3 Å². The Bertz CT molecular complexity index is 871. The summed E-state index contributed by atoms with van der Waals surface area (Å²) in [5, 5.41) is 9.16. The molecule has 2 heterocycles. The predicted molar refractivity (Wildman–Crippen MR) is 101 cm³/mol. The average Bonchev–Trinajstić information content (AvgIpc) is 2.90. The van der Waals surface area contributed by atoms with Crippen LogP contribution < -0.4 is 5.32 Å². The lowest BCUT2D eigenvalue weighted by Gasteiger charge is -2.29. The van der Waals surface area contributed by atoms with Crippen LogP contribution in [-0.4, -0.2) is 49.2 Å². The fourth-order valence-corrected chi connectivity index (χ4v) is 3.69. The molecule has 4 rings (SSSR count). The van der Waals surface area contributed by atoms with Crippen LogP contribution in [0.25, 0.3) is 11.1 Å². The Hall–Kier alpha value is -2.66. The Morgan fingerprint density at radius 1 is 1.12 bits per heavy atom. The molecule has 0 spiro atoms. The van der Waals surface area contributed by atoms with Crippen LogP contribution in [-0.2, 0) is 17.8 Å². The molecule has 5 nitrogen and oxygen atoms in total. The van der Waals surface area contributed by atoms with Gasteiger partial charge in [0, 0.05) is 32.7 Å². The van der Waals surface area contributed by atoms with Crippen molar-refractivity contribution in [3.05, 3.63) is 53.1 Å². The maximum Gasteiger partial charge on any atom is 0.276 e. The Labute approximate surface area is 147 Å². The van der Waals surface area contributed by atoms with Crippen LogP contribution in [0.3, 0.4) is 0 Å². The van der Waals surface area contributed by atoms with Crippen LogP contribution in [0.5, 0.6) is 0 Å². The van der Waals surface area contributed by atoms with Crippen LogP contribution in [0.4, 0.5) is 5.69 Å². The number of carbonyl (C=O) groups is 1. The summed E-state index contributed by atoms with van der Waals surface area (Å²) in [6.45, 7) is 1.87. The Morgan fingerprint density at radius 2 is 1.88 bits per heavy atom. The number of amides is 1. The first-order chi connectivity index (χ1) is 12.0. The minimum Gasteiger partial charge on any atom is -0.320 e. The quantitative estimate of drug-likeness (QED) is 0.859. The van der Waals surface area contributed by atoms with Crippen LogP contribution in [0, 0.1) is 0 Å². The van der Waals surface area contributed by atoms with Crippen molar-refractivity contribution in [2.45, 2.75) is 13.0 Å². The van der Waals surface area contributed by atoms with E-state index in [2.05, 4.69) is 52.7 Å². The second kappa shape index (κ2) is 6.01. The molecule has 0 atom stereocenters. The smallest absolute Gasteiger partial charge is 0.276 e. The first kappa shape index (κ1) is 15.8. The molecule has 0 aliphatic carbocycles. The van der Waals surface area contributed by atoms with Gasteiger partial charge in [-0.15, -0.1) is 0 Å². The lowest BCUT2D eigenvalue weighted by atomic mass is 9.87. The molecule has 2 aliphatic rings. The number of carbonyl (C=O) groups excluding carboxylic acids is 1. The summed E-state index contributed by atoms with van der Waals surface area (Å²) in [6, 6.07) is 12.5. The molecule has 2 aromatic carbocycles. The van der Waals surface area contributed by atoms with Gasteiger partial charge in [0.2, 0.25) is 0 Å². The highest BCUT2D eigenvalue weighted by Gasteiger charge is 2.33. The van der Waals surface area contributed by atoms with E-state index in [1.807, 2.05) is 20.2 Å². The van der Waals surface area contributed by atoms with E-state index in [1.54, 1.807) is 5.01 Å². The second-order valence-electron chi connectivity index (χ2n) is 6.91. The number of nitrogens with one attached hydrogen (secondary N) is 1. The summed E-state index contributed by atoms with van der Waals surface area (Å²) < 4.78 is 0. The molecular weight excluding hydrogens is 312 g/mol. The van der Waals surface area contributed by atoms with E-state index in [9.17, 15) is 4.79 Å². The fourth-order valence-electron chi connectivity index (χ4n) is 3.69. The Balaban J connectivity index is 1.98.